The van der Waals surface area contributed by atoms with Crippen molar-refractivity contribution in [1.82, 2.24) is 14.8 Å². The topological polar surface area (TPSA) is 59.8 Å². The molecule has 0 saturated heterocycles. The van der Waals surface area contributed by atoms with Crippen molar-refractivity contribution in [2.24, 2.45) is 0 Å². The molecule has 3 rings (SSSR count). The highest BCUT2D eigenvalue weighted by atomic mass is 16.1. The van der Waals surface area contributed by atoms with Crippen LogP contribution in [0.5, 0.6) is 0 Å². The predicted molar refractivity (Wildman–Crippen MR) is 81.1 cm³/mol. The zero-order chi connectivity index (χ0) is 14.7. The number of aromatic nitrogens is 3. The molecule has 0 aliphatic rings. The van der Waals surface area contributed by atoms with E-state index in [9.17, 15) is 4.79 Å². The molecule has 0 aliphatic carbocycles. The summed E-state index contributed by atoms with van der Waals surface area (Å²) in [6.45, 7) is 1.49. The van der Waals surface area contributed by atoms with Crippen molar-refractivity contribution in [3.8, 4) is 16.8 Å². The third kappa shape index (κ3) is 2.97. The molecule has 1 aromatic carbocycles. The Morgan fingerprint density at radius 2 is 2.05 bits per heavy atom. The fraction of sp³-hybridized carbons (Fsp3) is 0.0625. The molecule has 5 heteroatoms. The summed E-state index contributed by atoms with van der Waals surface area (Å²) < 4.78 is 1.77. The standard InChI is InChI=1S/C16H14N4O/c1-12(21)19-15-5-2-4-13(8-15)14-9-18-20(11-14)16-6-3-7-17-10-16/h2-11H,1H3,(H,19,21). The number of amides is 1. The fourth-order valence-electron chi connectivity index (χ4n) is 2.08. The van der Waals surface area contributed by atoms with Crippen LogP contribution in [0.15, 0.2) is 61.2 Å². The van der Waals surface area contributed by atoms with Gasteiger partial charge in [-0.25, -0.2) is 4.68 Å². The molecule has 1 N–H and O–H groups in total. The van der Waals surface area contributed by atoms with E-state index in [1.54, 1.807) is 23.3 Å². The molecule has 0 bridgehead atoms. The number of carbonyl (C=O) groups excluding carboxylic acids is 1. The van der Waals surface area contributed by atoms with E-state index in [0.717, 1.165) is 22.5 Å². The third-order valence-corrected chi connectivity index (χ3v) is 3.01. The van der Waals surface area contributed by atoms with E-state index in [1.807, 2.05) is 42.6 Å². The normalized spacial score (nSPS) is 10.3. The maximum Gasteiger partial charge on any atom is 0.221 e. The lowest BCUT2D eigenvalue weighted by Gasteiger charge is -2.04. The molecule has 0 spiro atoms. The van der Waals surface area contributed by atoms with Gasteiger partial charge in [-0.3, -0.25) is 9.78 Å². The lowest BCUT2D eigenvalue weighted by atomic mass is 10.1. The highest BCUT2D eigenvalue weighted by Crippen LogP contribution is 2.23. The van der Waals surface area contributed by atoms with Gasteiger partial charge in [0.05, 0.1) is 18.1 Å². The number of rotatable bonds is 3. The molecule has 3 aromatic rings. The van der Waals surface area contributed by atoms with Gasteiger partial charge >= 0.3 is 0 Å². The van der Waals surface area contributed by atoms with Crippen molar-refractivity contribution in [2.75, 3.05) is 5.32 Å². The summed E-state index contributed by atoms with van der Waals surface area (Å²) in [5, 5.41) is 7.12. The number of pyridine rings is 1. The van der Waals surface area contributed by atoms with E-state index < -0.39 is 0 Å². The van der Waals surface area contributed by atoms with Crippen molar-refractivity contribution >= 4 is 11.6 Å². The zero-order valence-corrected chi connectivity index (χ0v) is 11.5. The maximum absolute atomic E-state index is 11.1. The first-order valence-corrected chi connectivity index (χ1v) is 6.55. The molecule has 0 atom stereocenters. The summed E-state index contributed by atoms with van der Waals surface area (Å²) in [5.41, 5.74) is 3.65. The van der Waals surface area contributed by atoms with Crippen LogP contribution in [-0.2, 0) is 4.79 Å². The second-order valence-electron chi connectivity index (χ2n) is 4.65. The van der Waals surface area contributed by atoms with Gasteiger partial charge in [-0.05, 0) is 29.8 Å². The Hall–Kier alpha value is -2.95. The number of carbonyl (C=O) groups is 1. The molecule has 1 amide bonds. The van der Waals surface area contributed by atoms with Crippen LogP contribution < -0.4 is 5.32 Å². The molecule has 0 fully saturated rings. The summed E-state index contributed by atoms with van der Waals surface area (Å²) >= 11 is 0. The Kier molecular flexibility index (Phi) is 3.47. The SMILES string of the molecule is CC(=O)Nc1cccc(-c2cnn(-c3cccnc3)c2)c1. The molecule has 0 radical (unpaired) electrons. The van der Waals surface area contributed by atoms with E-state index in [1.165, 1.54) is 6.92 Å². The van der Waals surface area contributed by atoms with Gasteiger partial charge in [-0.2, -0.15) is 5.10 Å². The zero-order valence-electron chi connectivity index (χ0n) is 11.5. The summed E-state index contributed by atoms with van der Waals surface area (Å²) in [6.07, 6.45) is 7.21. The Labute approximate surface area is 122 Å². The van der Waals surface area contributed by atoms with Crippen LogP contribution in [0.4, 0.5) is 5.69 Å². The number of hydrogen-bond acceptors (Lipinski definition) is 3. The van der Waals surface area contributed by atoms with Crippen LogP contribution in [-0.4, -0.2) is 20.7 Å². The highest BCUT2D eigenvalue weighted by molar-refractivity contribution is 5.89. The summed E-state index contributed by atoms with van der Waals surface area (Å²) in [5.74, 6) is -0.0850. The van der Waals surface area contributed by atoms with Crippen molar-refractivity contribution < 1.29 is 4.79 Å². The molecule has 104 valence electrons. The number of nitrogens with one attached hydrogen (secondary N) is 1. The number of hydrogen-bond donors (Lipinski definition) is 1. The lowest BCUT2D eigenvalue weighted by molar-refractivity contribution is -0.114. The molecule has 0 aliphatic heterocycles. The van der Waals surface area contributed by atoms with E-state index >= 15 is 0 Å². The first-order chi connectivity index (χ1) is 10.2. The monoisotopic (exact) mass is 278 g/mol. The minimum absolute atomic E-state index is 0.0850. The highest BCUT2D eigenvalue weighted by Gasteiger charge is 2.05. The van der Waals surface area contributed by atoms with Crippen molar-refractivity contribution in [1.29, 1.82) is 0 Å². The molecule has 0 unspecified atom stereocenters. The Morgan fingerprint density at radius 3 is 2.81 bits per heavy atom. The summed E-state index contributed by atoms with van der Waals surface area (Å²) in [4.78, 5) is 15.2. The van der Waals surface area contributed by atoms with Crippen LogP contribution in [0.3, 0.4) is 0 Å². The second kappa shape index (κ2) is 5.58. The van der Waals surface area contributed by atoms with Gasteiger partial charge in [0.15, 0.2) is 0 Å². The van der Waals surface area contributed by atoms with Gasteiger partial charge in [-0.15, -0.1) is 0 Å². The molecule has 5 nitrogen and oxygen atoms in total. The molecular formula is C16H14N4O. The Balaban J connectivity index is 1.91. The van der Waals surface area contributed by atoms with Crippen LogP contribution in [0, 0.1) is 0 Å². The number of nitrogens with zero attached hydrogens (tertiary/aromatic N) is 3. The van der Waals surface area contributed by atoms with Crippen LogP contribution in [0.1, 0.15) is 6.92 Å². The van der Waals surface area contributed by atoms with E-state index in [4.69, 9.17) is 0 Å². The molecule has 2 aromatic heterocycles. The van der Waals surface area contributed by atoms with Gasteiger partial charge < -0.3 is 5.32 Å². The number of anilines is 1. The van der Waals surface area contributed by atoms with Crippen LogP contribution in [0.2, 0.25) is 0 Å². The Bertz CT molecular complexity index is 765. The number of benzene rings is 1. The summed E-state index contributed by atoms with van der Waals surface area (Å²) in [7, 11) is 0. The smallest absolute Gasteiger partial charge is 0.221 e. The quantitative estimate of drug-likeness (QED) is 0.801. The Morgan fingerprint density at radius 1 is 1.14 bits per heavy atom. The first-order valence-electron chi connectivity index (χ1n) is 6.55. The molecule has 21 heavy (non-hydrogen) atoms. The largest absolute Gasteiger partial charge is 0.326 e. The summed E-state index contributed by atoms with van der Waals surface area (Å²) in [6, 6.07) is 11.5. The van der Waals surface area contributed by atoms with Gasteiger partial charge in [0.25, 0.3) is 0 Å². The van der Waals surface area contributed by atoms with E-state index in [-0.39, 0.29) is 5.91 Å². The third-order valence-electron chi connectivity index (χ3n) is 3.01. The minimum Gasteiger partial charge on any atom is -0.326 e. The maximum atomic E-state index is 11.1. The first kappa shape index (κ1) is 13.1. The van der Waals surface area contributed by atoms with Crippen LogP contribution >= 0.6 is 0 Å². The molecular weight excluding hydrogens is 264 g/mol. The van der Waals surface area contributed by atoms with Gasteiger partial charge in [0, 0.05) is 30.6 Å². The van der Waals surface area contributed by atoms with Crippen LogP contribution in [0.25, 0.3) is 16.8 Å². The minimum atomic E-state index is -0.0850. The van der Waals surface area contributed by atoms with Gasteiger partial charge in [0.2, 0.25) is 5.91 Å². The van der Waals surface area contributed by atoms with Crippen molar-refractivity contribution in [2.45, 2.75) is 6.92 Å². The second-order valence-corrected chi connectivity index (χ2v) is 4.65. The van der Waals surface area contributed by atoms with E-state index in [2.05, 4.69) is 15.4 Å². The van der Waals surface area contributed by atoms with Crippen molar-refractivity contribution in [3.63, 3.8) is 0 Å². The van der Waals surface area contributed by atoms with Gasteiger partial charge in [-0.1, -0.05) is 12.1 Å². The van der Waals surface area contributed by atoms with Gasteiger partial charge in [0.1, 0.15) is 0 Å². The van der Waals surface area contributed by atoms with E-state index in [0.29, 0.717) is 0 Å². The molecule has 2 heterocycles. The average Bonchev–Trinajstić information content (AvgIpc) is 2.98. The average molecular weight is 278 g/mol. The van der Waals surface area contributed by atoms with Crippen molar-refractivity contribution in [3.05, 3.63) is 61.2 Å². The fourth-order valence-corrected chi connectivity index (χ4v) is 2.08. The molecule has 0 saturated carbocycles. The lowest BCUT2D eigenvalue weighted by Crippen LogP contribution is -2.05. The predicted octanol–water partition coefficient (Wildman–Crippen LogP) is 2.89.